The number of hydrogen-bond acceptors (Lipinski definition) is 6. The smallest absolute Gasteiger partial charge is 0.336 e. The summed E-state index contributed by atoms with van der Waals surface area (Å²) in [5.41, 5.74) is 0. The Kier molecular flexibility index (Phi) is 13.4. The standard InChI is InChI=1S/C20H47N2O6P/c1-7-21(8-2,9-3)13-18-27-29(26,20(4,5)6)28-19-14-22(10-15-23,11-16-24)12-17-25/h23-25H,7-19H2,1-6H3/q+2. The Morgan fingerprint density at radius 1 is 0.690 bits per heavy atom. The summed E-state index contributed by atoms with van der Waals surface area (Å²) in [4.78, 5) is 0. The van der Waals surface area contributed by atoms with Gasteiger partial charge in [0.05, 0.1) is 44.6 Å². The van der Waals surface area contributed by atoms with Crippen molar-refractivity contribution in [3.8, 4) is 0 Å². The minimum absolute atomic E-state index is 0.0571. The van der Waals surface area contributed by atoms with Crippen molar-refractivity contribution in [3.05, 3.63) is 0 Å². The summed E-state index contributed by atoms with van der Waals surface area (Å²) < 4.78 is 26.5. The maximum Gasteiger partial charge on any atom is 0.336 e. The van der Waals surface area contributed by atoms with Gasteiger partial charge in [0.25, 0.3) is 0 Å². The minimum atomic E-state index is -3.37. The number of nitrogens with zero attached hydrogens (tertiary/aromatic N) is 2. The average Bonchev–Trinajstić information content (AvgIpc) is 2.65. The number of hydrogen-bond donors (Lipinski definition) is 3. The zero-order valence-corrected chi connectivity index (χ0v) is 20.5. The maximum absolute atomic E-state index is 13.5. The zero-order chi connectivity index (χ0) is 22.6. The molecule has 0 aliphatic heterocycles. The van der Waals surface area contributed by atoms with Gasteiger partial charge in [-0.3, -0.25) is 4.57 Å². The third-order valence-corrected chi connectivity index (χ3v) is 8.90. The summed E-state index contributed by atoms with van der Waals surface area (Å²) in [7, 11) is -3.37. The molecule has 0 aliphatic rings. The van der Waals surface area contributed by atoms with Crippen molar-refractivity contribution in [1.82, 2.24) is 0 Å². The first-order valence-electron chi connectivity index (χ1n) is 10.9. The zero-order valence-electron chi connectivity index (χ0n) is 19.6. The molecule has 1 atom stereocenters. The molecule has 0 saturated carbocycles. The summed E-state index contributed by atoms with van der Waals surface area (Å²) in [6.07, 6.45) is 0. The van der Waals surface area contributed by atoms with Crippen LogP contribution in [0.5, 0.6) is 0 Å². The maximum atomic E-state index is 13.5. The fourth-order valence-corrected chi connectivity index (χ4v) is 5.08. The second kappa shape index (κ2) is 13.4. The van der Waals surface area contributed by atoms with E-state index in [4.69, 9.17) is 9.05 Å². The van der Waals surface area contributed by atoms with Gasteiger partial charge in [0, 0.05) is 0 Å². The van der Waals surface area contributed by atoms with E-state index >= 15 is 0 Å². The van der Waals surface area contributed by atoms with Crippen molar-refractivity contribution in [2.24, 2.45) is 0 Å². The number of quaternary nitrogens is 2. The van der Waals surface area contributed by atoms with Gasteiger partial charge in [-0.2, -0.15) is 0 Å². The van der Waals surface area contributed by atoms with Crippen molar-refractivity contribution in [2.75, 3.05) is 85.4 Å². The molecule has 0 bridgehead atoms. The summed E-state index contributed by atoms with van der Waals surface area (Å²) in [5, 5.41) is 27.6. The van der Waals surface area contributed by atoms with Crippen LogP contribution in [0.1, 0.15) is 41.5 Å². The van der Waals surface area contributed by atoms with Crippen molar-refractivity contribution in [3.63, 3.8) is 0 Å². The van der Waals surface area contributed by atoms with Crippen LogP contribution >= 0.6 is 7.60 Å². The number of rotatable bonds is 17. The van der Waals surface area contributed by atoms with E-state index in [1.54, 1.807) is 0 Å². The highest BCUT2D eigenvalue weighted by Gasteiger charge is 2.41. The fraction of sp³-hybridized carbons (Fsp3) is 1.00. The molecule has 0 rings (SSSR count). The molecule has 0 radical (unpaired) electrons. The Bertz CT molecular complexity index is 455. The van der Waals surface area contributed by atoms with Gasteiger partial charge in [0.2, 0.25) is 0 Å². The lowest BCUT2D eigenvalue weighted by Gasteiger charge is -2.39. The Morgan fingerprint density at radius 2 is 1.03 bits per heavy atom. The van der Waals surface area contributed by atoms with Gasteiger partial charge in [-0.15, -0.1) is 0 Å². The van der Waals surface area contributed by atoms with Crippen LogP contribution in [0, 0.1) is 0 Å². The molecule has 0 amide bonds. The van der Waals surface area contributed by atoms with Crippen molar-refractivity contribution in [1.29, 1.82) is 0 Å². The van der Waals surface area contributed by atoms with E-state index in [2.05, 4.69) is 20.8 Å². The van der Waals surface area contributed by atoms with Crippen molar-refractivity contribution < 1.29 is 37.9 Å². The van der Waals surface area contributed by atoms with Gasteiger partial charge < -0.3 is 33.3 Å². The molecular formula is C20H47N2O6P+2. The lowest BCUT2D eigenvalue weighted by Crippen LogP contribution is -2.55. The van der Waals surface area contributed by atoms with Gasteiger partial charge in [-0.25, -0.2) is 0 Å². The Hall–Kier alpha value is -0.0500. The Morgan fingerprint density at radius 3 is 1.31 bits per heavy atom. The van der Waals surface area contributed by atoms with Gasteiger partial charge in [0.15, 0.2) is 0 Å². The molecule has 29 heavy (non-hydrogen) atoms. The number of aliphatic hydroxyl groups excluding tert-OH is 3. The van der Waals surface area contributed by atoms with Crippen LogP contribution in [0.3, 0.4) is 0 Å². The van der Waals surface area contributed by atoms with E-state index in [-0.39, 0.29) is 26.4 Å². The molecule has 0 aromatic carbocycles. The molecule has 0 saturated heterocycles. The van der Waals surface area contributed by atoms with Crippen molar-refractivity contribution in [2.45, 2.75) is 46.7 Å². The molecule has 0 fully saturated rings. The van der Waals surface area contributed by atoms with Gasteiger partial charge in [-0.1, -0.05) is 0 Å². The largest absolute Gasteiger partial charge is 0.391 e. The van der Waals surface area contributed by atoms with E-state index in [0.29, 0.717) is 37.3 Å². The first-order chi connectivity index (χ1) is 13.5. The molecule has 3 N–H and O–H groups in total. The molecule has 0 spiro atoms. The highest BCUT2D eigenvalue weighted by molar-refractivity contribution is 7.55. The van der Waals surface area contributed by atoms with Crippen LogP contribution in [0.15, 0.2) is 0 Å². The quantitative estimate of drug-likeness (QED) is 0.234. The molecule has 0 aliphatic carbocycles. The Labute approximate surface area is 178 Å². The van der Waals surface area contributed by atoms with E-state index in [0.717, 1.165) is 30.7 Å². The normalized spacial score (nSPS) is 15.5. The molecule has 9 heteroatoms. The van der Waals surface area contributed by atoms with Gasteiger partial charge >= 0.3 is 7.60 Å². The summed E-state index contributed by atoms with van der Waals surface area (Å²) in [5.74, 6) is 0. The number of aliphatic hydroxyl groups is 3. The van der Waals surface area contributed by atoms with Gasteiger partial charge in [0.1, 0.15) is 45.9 Å². The van der Waals surface area contributed by atoms with E-state index < -0.39 is 12.8 Å². The van der Waals surface area contributed by atoms with Gasteiger partial charge in [-0.05, 0) is 41.5 Å². The third-order valence-electron chi connectivity index (χ3n) is 6.21. The van der Waals surface area contributed by atoms with Crippen LogP contribution in [0.2, 0.25) is 0 Å². The first-order valence-corrected chi connectivity index (χ1v) is 12.5. The van der Waals surface area contributed by atoms with Crippen molar-refractivity contribution >= 4 is 7.60 Å². The SMILES string of the molecule is CC[N+](CC)(CC)CCOP(=O)(OCC[N+](CCO)(CCO)CCO)C(C)(C)C. The van der Waals surface area contributed by atoms with Crippen LogP contribution in [0.25, 0.3) is 0 Å². The predicted octanol–water partition coefficient (Wildman–Crippen LogP) is 1.68. The third kappa shape index (κ3) is 8.91. The monoisotopic (exact) mass is 442 g/mol. The van der Waals surface area contributed by atoms with E-state index in [9.17, 15) is 19.9 Å². The molecular weight excluding hydrogens is 395 g/mol. The lowest BCUT2D eigenvalue weighted by molar-refractivity contribution is -0.929. The van der Waals surface area contributed by atoms with Crippen LogP contribution in [0.4, 0.5) is 0 Å². The second-order valence-electron chi connectivity index (χ2n) is 8.76. The van der Waals surface area contributed by atoms with E-state index in [1.165, 1.54) is 0 Å². The second-order valence-corrected chi connectivity index (χ2v) is 11.6. The molecule has 8 nitrogen and oxygen atoms in total. The highest BCUT2D eigenvalue weighted by Crippen LogP contribution is 2.59. The molecule has 0 heterocycles. The highest BCUT2D eigenvalue weighted by atomic mass is 31.2. The Balaban J connectivity index is 5.13. The van der Waals surface area contributed by atoms with Crippen LogP contribution in [-0.4, -0.2) is 115 Å². The molecule has 0 aromatic heterocycles. The number of likely N-dealkylation sites (N-methyl/N-ethyl adjacent to an activating group) is 1. The minimum Gasteiger partial charge on any atom is -0.391 e. The first kappa shape index (κ1) is 28.9. The molecule has 0 aromatic rings. The molecule has 1 unspecified atom stereocenters. The average molecular weight is 443 g/mol. The fourth-order valence-electron chi connectivity index (χ4n) is 3.59. The van der Waals surface area contributed by atoms with E-state index in [1.807, 2.05) is 20.8 Å². The predicted molar refractivity (Wildman–Crippen MR) is 117 cm³/mol. The van der Waals surface area contributed by atoms with Crippen LogP contribution in [-0.2, 0) is 13.6 Å². The summed E-state index contributed by atoms with van der Waals surface area (Å²) in [6, 6.07) is 0. The topological polar surface area (TPSA) is 96.2 Å². The lowest BCUT2D eigenvalue weighted by atomic mass is 10.3. The van der Waals surface area contributed by atoms with Crippen LogP contribution < -0.4 is 0 Å². The summed E-state index contributed by atoms with van der Waals surface area (Å²) in [6.45, 7) is 17.8. The summed E-state index contributed by atoms with van der Waals surface area (Å²) >= 11 is 0. The molecule has 176 valence electrons.